The van der Waals surface area contributed by atoms with Gasteiger partial charge in [-0.2, -0.15) is 0 Å². The second-order valence-electron chi connectivity index (χ2n) is 7.26. The maximum atomic E-state index is 13.2. The lowest BCUT2D eigenvalue weighted by atomic mass is 10.1. The van der Waals surface area contributed by atoms with Gasteiger partial charge in [0.05, 0.1) is 12.0 Å². The van der Waals surface area contributed by atoms with Crippen molar-refractivity contribution < 1.29 is 18.7 Å². The third-order valence-electron chi connectivity index (χ3n) is 4.71. The molecule has 0 radical (unpaired) electrons. The van der Waals surface area contributed by atoms with E-state index < -0.39 is 11.8 Å². The summed E-state index contributed by atoms with van der Waals surface area (Å²) in [6, 6.07) is 26.9. The van der Waals surface area contributed by atoms with Crippen LogP contribution in [-0.4, -0.2) is 11.8 Å². The highest BCUT2D eigenvalue weighted by atomic mass is 16.5. The molecule has 0 fully saturated rings. The Labute approximate surface area is 191 Å². The molecule has 0 aliphatic rings. The predicted octanol–water partition coefficient (Wildman–Crippen LogP) is 5.79. The molecule has 4 rings (SSSR count). The number of amides is 2. The average Bonchev–Trinajstić information content (AvgIpc) is 3.34. The summed E-state index contributed by atoms with van der Waals surface area (Å²) in [7, 11) is 0. The summed E-state index contributed by atoms with van der Waals surface area (Å²) in [6.07, 6.45) is 2.97. The SMILES string of the molecule is Cc1cccc(C(=O)N/C(=C\c2ccco2)C(=O)Nc2ccccc2Oc2ccccc2)c1. The number of ether oxygens (including phenoxy) is 1. The number of hydrogen-bond acceptors (Lipinski definition) is 4. The summed E-state index contributed by atoms with van der Waals surface area (Å²) in [5.74, 6) is 0.619. The van der Waals surface area contributed by atoms with Crippen LogP contribution in [0.4, 0.5) is 5.69 Å². The van der Waals surface area contributed by atoms with Crippen LogP contribution in [0.15, 0.2) is 107 Å². The van der Waals surface area contributed by atoms with Gasteiger partial charge in [0.2, 0.25) is 0 Å². The van der Waals surface area contributed by atoms with Crippen LogP contribution in [0, 0.1) is 6.92 Å². The number of benzene rings is 3. The van der Waals surface area contributed by atoms with Gasteiger partial charge in [0.1, 0.15) is 17.2 Å². The molecule has 2 amide bonds. The normalized spacial score (nSPS) is 11.0. The van der Waals surface area contributed by atoms with Crippen molar-refractivity contribution in [3.8, 4) is 11.5 Å². The van der Waals surface area contributed by atoms with Gasteiger partial charge in [-0.15, -0.1) is 0 Å². The quantitative estimate of drug-likeness (QED) is 0.358. The average molecular weight is 438 g/mol. The largest absolute Gasteiger partial charge is 0.465 e. The van der Waals surface area contributed by atoms with Crippen molar-refractivity contribution in [3.05, 3.63) is 120 Å². The van der Waals surface area contributed by atoms with E-state index in [0.717, 1.165) is 5.56 Å². The number of furan rings is 1. The zero-order chi connectivity index (χ0) is 23.0. The van der Waals surface area contributed by atoms with E-state index in [1.54, 1.807) is 48.5 Å². The first-order valence-corrected chi connectivity index (χ1v) is 10.3. The number of anilines is 1. The van der Waals surface area contributed by atoms with Gasteiger partial charge in [-0.3, -0.25) is 9.59 Å². The van der Waals surface area contributed by atoms with E-state index in [1.807, 2.05) is 49.4 Å². The van der Waals surface area contributed by atoms with Gasteiger partial charge in [-0.05, 0) is 55.5 Å². The van der Waals surface area contributed by atoms with Crippen LogP contribution in [0.1, 0.15) is 21.7 Å². The molecular formula is C27H22N2O4. The highest BCUT2D eigenvalue weighted by Crippen LogP contribution is 2.29. The summed E-state index contributed by atoms with van der Waals surface area (Å²) in [4.78, 5) is 26.0. The number of rotatable bonds is 7. The van der Waals surface area contributed by atoms with Gasteiger partial charge in [-0.25, -0.2) is 0 Å². The molecule has 0 spiro atoms. The van der Waals surface area contributed by atoms with Crippen LogP contribution in [0.3, 0.4) is 0 Å². The maximum Gasteiger partial charge on any atom is 0.272 e. The van der Waals surface area contributed by atoms with E-state index in [2.05, 4.69) is 10.6 Å². The van der Waals surface area contributed by atoms with Crippen LogP contribution in [-0.2, 0) is 4.79 Å². The summed E-state index contributed by atoms with van der Waals surface area (Å²) in [5, 5.41) is 5.52. The molecule has 0 aliphatic carbocycles. The van der Waals surface area contributed by atoms with E-state index in [-0.39, 0.29) is 5.70 Å². The summed E-state index contributed by atoms with van der Waals surface area (Å²) < 4.78 is 11.3. The van der Waals surface area contributed by atoms with Crippen molar-refractivity contribution in [1.82, 2.24) is 5.32 Å². The van der Waals surface area contributed by atoms with Gasteiger partial charge < -0.3 is 19.8 Å². The zero-order valence-electron chi connectivity index (χ0n) is 17.9. The highest BCUT2D eigenvalue weighted by Gasteiger charge is 2.17. The molecule has 3 aromatic carbocycles. The first-order valence-electron chi connectivity index (χ1n) is 10.3. The first kappa shape index (κ1) is 21.6. The van der Waals surface area contributed by atoms with Crippen molar-refractivity contribution in [1.29, 1.82) is 0 Å². The third-order valence-corrected chi connectivity index (χ3v) is 4.71. The van der Waals surface area contributed by atoms with Crippen LogP contribution >= 0.6 is 0 Å². The molecule has 0 unspecified atom stereocenters. The van der Waals surface area contributed by atoms with Gasteiger partial charge in [-0.1, -0.05) is 48.0 Å². The fourth-order valence-electron chi connectivity index (χ4n) is 3.12. The summed E-state index contributed by atoms with van der Waals surface area (Å²) in [5.41, 5.74) is 1.88. The monoisotopic (exact) mass is 438 g/mol. The Morgan fingerprint density at radius 3 is 2.42 bits per heavy atom. The molecule has 33 heavy (non-hydrogen) atoms. The third kappa shape index (κ3) is 5.77. The Bertz CT molecular complexity index is 1280. The number of nitrogens with one attached hydrogen (secondary N) is 2. The van der Waals surface area contributed by atoms with Gasteiger partial charge in [0.25, 0.3) is 11.8 Å². The maximum absolute atomic E-state index is 13.2. The number of carbonyl (C=O) groups is 2. The Balaban J connectivity index is 1.58. The fraction of sp³-hybridized carbons (Fsp3) is 0.0370. The Morgan fingerprint density at radius 1 is 0.879 bits per heavy atom. The lowest BCUT2D eigenvalue weighted by Gasteiger charge is -2.14. The van der Waals surface area contributed by atoms with Gasteiger partial charge in [0.15, 0.2) is 5.75 Å². The molecule has 1 aromatic heterocycles. The molecule has 0 saturated carbocycles. The van der Waals surface area contributed by atoms with E-state index in [9.17, 15) is 9.59 Å². The molecule has 0 bridgehead atoms. The second-order valence-corrected chi connectivity index (χ2v) is 7.26. The number of hydrogen-bond donors (Lipinski definition) is 2. The molecule has 1 heterocycles. The number of aryl methyl sites for hydroxylation is 1. The Hall–Kier alpha value is -4.58. The standard InChI is InChI=1S/C27H22N2O4/c1-19-9-7-10-20(17-19)26(30)29-24(18-22-13-8-16-32-22)27(31)28-23-14-5-6-15-25(23)33-21-11-3-2-4-12-21/h2-18H,1H3,(H,28,31)(H,29,30)/b24-18-. The lowest BCUT2D eigenvalue weighted by Crippen LogP contribution is -2.30. The Kier molecular flexibility index (Phi) is 6.66. The molecule has 6 heteroatoms. The zero-order valence-corrected chi connectivity index (χ0v) is 17.9. The molecular weight excluding hydrogens is 416 g/mol. The minimum atomic E-state index is -0.517. The first-order chi connectivity index (χ1) is 16.1. The number of para-hydroxylation sites is 3. The van der Waals surface area contributed by atoms with Crippen molar-refractivity contribution in [2.75, 3.05) is 5.32 Å². The van der Waals surface area contributed by atoms with Crippen LogP contribution in [0.25, 0.3) is 6.08 Å². The molecule has 2 N–H and O–H groups in total. The van der Waals surface area contributed by atoms with Crippen LogP contribution in [0.5, 0.6) is 11.5 Å². The molecule has 0 atom stereocenters. The van der Waals surface area contributed by atoms with Crippen molar-refractivity contribution in [2.24, 2.45) is 0 Å². The highest BCUT2D eigenvalue weighted by molar-refractivity contribution is 6.11. The van der Waals surface area contributed by atoms with E-state index in [4.69, 9.17) is 9.15 Å². The van der Waals surface area contributed by atoms with E-state index in [1.165, 1.54) is 12.3 Å². The van der Waals surface area contributed by atoms with E-state index in [0.29, 0.717) is 28.5 Å². The molecule has 164 valence electrons. The summed E-state index contributed by atoms with van der Waals surface area (Å²) >= 11 is 0. The predicted molar refractivity (Wildman–Crippen MR) is 127 cm³/mol. The van der Waals surface area contributed by atoms with Crippen molar-refractivity contribution >= 4 is 23.6 Å². The minimum absolute atomic E-state index is 0.0333. The summed E-state index contributed by atoms with van der Waals surface area (Å²) in [6.45, 7) is 1.90. The Morgan fingerprint density at radius 2 is 1.67 bits per heavy atom. The molecule has 0 saturated heterocycles. The van der Waals surface area contributed by atoms with Gasteiger partial charge >= 0.3 is 0 Å². The smallest absolute Gasteiger partial charge is 0.272 e. The van der Waals surface area contributed by atoms with E-state index >= 15 is 0 Å². The second kappa shape index (κ2) is 10.2. The molecule has 6 nitrogen and oxygen atoms in total. The van der Waals surface area contributed by atoms with Crippen LogP contribution < -0.4 is 15.4 Å². The fourth-order valence-corrected chi connectivity index (χ4v) is 3.12. The molecule has 0 aliphatic heterocycles. The molecule has 4 aromatic rings. The van der Waals surface area contributed by atoms with Gasteiger partial charge in [0, 0.05) is 11.6 Å². The lowest BCUT2D eigenvalue weighted by molar-refractivity contribution is -0.113. The van der Waals surface area contributed by atoms with Crippen molar-refractivity contribution in [3.63, 3.8) is 0 Å². The van der Waals surface area contributed by atoms with Crippen molar-refractivity contribution in [2.45, 2.75) is 6.92 Å². The topological polar surface area (TPSA) is 80.6 Å². The number of carbonyl (C=O) groups excluding carboxylic acids is 2. The van der Waals surface area contributed by atoms with Crippen LogP contribution in [0.2, 0.25) is 0 Å². The minimum Gasteiger partial charge on any atom is -0.465 e.